The van der Waals surface area contributed by atoms with Gasteiger partial charge in [-0.2, -0.15) is 0 Å². The molecule has 0 fully saturated rings. The third-order valence-corrected chi connectivity index (χ3v) is 3.23. The molecule has 2 aromatic rings. The van der Waals surface area contributed by atoms with Crippen LogP contribution in [0.3, 0.4) is 0 Å². The summed E-state index contributed by atoms with van der Waals surface area (Å²) in [7, 11) is 1.56. The summed E-state index contributed by atoms with van der Waals surface area (Å²) in [5, 5.41) is 2.62. The van der Waals surface area contributed by atoms with E-state index in [0.29, 0.717) is 29.2 Å². The molecule has 120 valence electrons. The topological polar surface area (TPSA) is 64.6 Å². The van der Waals surface area contributed by atoms with Gasteiger partial charge in [0.1, 0.15) is 11.5 Å². The van der Waals surface area contributed by atoms with Gasteiger partial charge in [0.2, 0.25) is 0 Å². The number of rotatable bonds is 7. The second-order valence-corrected chi connectivity index (χ2v) is 4.80. The number of nitrogens with one attached hydrogen (secondary N) is 1. The smallest absolute Gasteiger partial charge is 0.251 e. The molecule has 2 rings (SSSR count). The van der Waals surface area contributed by atoms with Crippen molar-refractivity contribution in [2.45, 2.75) is 6.92 Å². The van der Waals surface area contributed by atoms with E-state index in [4.69, 9.17) is 9.47 Å². The maximum Gasteiger partial charge on any atom is 0.251 e. The Hall–Kier alpha value is -2.82. The van der Waals surface area contributed by atoms with Crippen LogP contribution in [0.4, 0.5) is 0 Å². The highest BCUT2D eigenvalue weighted by molar-refractivity contribution is 6.02. The summed E-state index contributed by atoms with van der Waals surface area (Å²) in [5.74, 6) is 0.829. The molecule has 2 aromatic carbocycles. The number of ether oxygens (including phenoxy) is 2. The molecule has 0 saturated heterocycles. The number of hydrogen-bond donors (Lipinski definition) is 1. The molecule has 5 heteroatoms. The van der Waals surface area contributed by atoms with E-state index in [0.717, 1.165) is 0 Å². The van der Waals surface area contributed by atoms with E-state index in [9.17, 15) is 9.59 Å². The Bertz CT molecular complexity index is 680. The maximum atomic E-state index is 12.1. The largest absolute Gasteiger partial charge is 0.497 e. The Labute approximate surface area is 135 Å². The minimum absolute atomic E-state index is 0.0655. The quantitative estimate of drug-likeness (QED) is 0.798. The Morgan fingerprint density at radius 1 is 1.00 bits per heavy atom. The third-order valence-electron chi connectivity index (χ3n) is 3.23. The van der Waals surface area contributed by atoms with Gasteiger partial charge in [0.15, 0.2) is 5.78 Å². The van der Waals surface area contributed by atoms with Gasteiger partial charge in [-0.25, -0.2) is 0 Å². The summed E-state index contributed by atoms with van der Waals surface area (Å²) >= 11 is 0. The van der Waals surface area contributed by atoms with Crippen LogP contribution in [0.5, 0.6) is 11.5 Å². The van der Waals surface area contributed by atoms with Gasteiger partial charge in [-0.15, -0.1) is 0 Å². The fourth-order valence-corrected chi connectivity index (χ4v) is 2.04. The van der Waals surface area contributed by atoms with Gasteiger partial charge in [-0.05, 0) is 49.4 Å². The van der Waals surface area contributed by atoms with Gasteiger partial charge >= 0.3 is 0 Å². The first kappa shape index (κ1) is 16.5. The fraction of sp³-hybridized carbons (Fsp3) is 0.222. The highest BCUT2D eigenvalue weighted by atomic mass is 16.5. The van der Waals surface area contributed by atoms with Crippen molar-refractivity contribution in [2.75, 3.05) is 20.3 Å². The molecule has 0 aliphatic carbocycles. The number of methoxy groups -OCH3 is 1. The Balaban J connectivity index is 1.95. The zero-order valence-electron chi connectivity index (χ0n) is 13.2. The van der Waals surface area contributed by atoms with Crippen molar-refractivity contribution in [3.63, 3.8) is 0 Å². The van der Waals surface area contributed by atoms with Gasteiger partial charge in [0.25, 0.3) is 5.91 Å². The van der Waals surface area contributed by atoms with Gasteiger partial charge in [0.05, 0.1) is 20.3 Å². The zero-order chi connectivity index (χ0) is 16.7. The van der Waals surface area contributed by atoms with Crippen molar-refractivity contribution >= 4 is 11.7 Å². The lowest BCUT2D eigenvalue weighted by Gasteiger charge is -2.07. The molecule has 0 aromatic heterocycles. The van der Waals surface area contributed by atoms with E-state index < -0.39 is 0 Å². The van der Waals surface area contributed by atoms with E-state index in [1.807, 2.05) is 6.92 Å². The average molecular weight is 313 g/mol. The Morgan fingerprint density at radius 3 is 2.39 bits per heavy atom. The van der Waals surface area contributed by atoms with Crippen molar-refractivity contribution in [1.29, 1.82) is 0 Å². The van der Waals surface area contributed by atoms with Crippen LogP contribution in [0.2, 0.25) is 0 Å². The van der Waals surface area contributed by atoms with Crippen LogP contribution < -0.4 is 14.8 Å². The normalized spacial score (nSPS) is 10.0. The summed E-state index contributed by atoms with van der Waals surface area (Å²) in [6.45, 7) is 2.34. The summed E-state index contributed by atoms with van der Waals surface area (Å²) < 4.78 is 10.4. The van der Waals surface area contributed by atoms with E-state index in [1.54, 1.807) is 55.6 Å². The second-order valence-electron chi connectivity index (χ2n) is 4.80. The molecule has 0 aliphatic heterocycles. The summed E-state index contributed by atoms with van der Waals surface area (Å²) in [4.78, 5) is 24.2. The first-order chi connectivity index (χ1) is 11.1. The van der Waals surface area contributed by atoms with Crippen molar-refractivity contribution in [3.05, 3.63) is 59.7 Å². The molecule has 1 amide bonds. The van der Waals surface area contributed by atoms with E-state index in [1.165, 1.54) is 0 Å². The molecular weight excluding hydrogens is 294 g/mol. The van der Waals surface area contributed by atoms with Crippen molar-refractivity contribution in [3.8, 4) is 11.5 Å². The predicted molar refractivity (Wildman–Crippen MR) is 87.3 cm³/mol. The third kappa shape index (κ3) is 4.57. The molecule has 0 aliphatic rings. The van der Waals surface area contributed by atoms with Crippen molar-refractivity contribution < 1.29 is 19.1 Å². The Kier molecular flexibility index (Phi) is 5.74. The molecule has 0 atom stereocenters. The van der Waals surface area contributed by atoms with Gasteiger partial charge in [-0.3, -0.25) is 9.59 Å². The SMILES string of the molecule is CCOc1cccc(C(=O)NCC(=O)c2ccc(OC)cc2)c1. The van der Waals surface area contributed by atoms with Crippen LogP contribution in [-0.2, 0) is 0 Å². The number of hydrogen-bond acceptors (Lipinski definition) is 4. The minimum atomic E-state index is -0.312. The van der Waals surface area contributed by atoms with Crippen LogP contribution in [-0.4, -0.2) is 32.0 Å². The lowest BCUT2D eigenvalue weighted by Crippen LogP contribution is -2.29. The number of carbonyl (C=O) groups excluding carboxylic acids is 2. The maximum absolute atomic E-state index is 12.1. The highest BCUT2D eigenvalue weighted by Gasteiger charge is 2.10. The van der Waals surface area contributed by atoms with Gasteiger partial charge < -0.3 is 14.8 Å². The van der Waals surface area contributed by atoms with Crippen molar-refractivity contribution in [1.82, 2.24) is 5.32 Å². The second kappa shape index (κ2) is 7.98. The molecule has 5 nitrogen and oxygen atoms in total. The lowest BCUT2D eigenvalue weighted by atomic mass is 10.1. The van der Waals surface area contributed by atoms with Crippen LogP contribution in [0.25, 0.3) is 0 Å². The number of benzene rings is 2. The summed E-state index contributed by atoms with van der Waals surface area (Å²) in [6.07, 6.45) is 0. The van der Waals surface area contributed by atoms with Crippen LogP contribution in [0, 0.1) is 0 Å². The molecule has 0 heterocycles. The molecule has 0 radical (unpaired) electrons. The van der Waals surface area contributed by atoms with E-state index in [2.05, 4.69) is 5.32 Å². The molecule has 1 N–H and O–H groups in total. The predicted octanol–water partition coefficient (Wildman–Crippen LogP) is 2.71. The number of Topliss-reactive ketones (excluding diaryl/α,β-unsaturated/α-hetero) is 1. The number of carbonyl (C=O) groups is 2. The fourth-order valence-electron chi connectivity index (χ4n) is 2.04. The lowest BCUT2D eigenvalue weighted by molar-refractivity contribution is 0.0904. The van der Waals surface area contributed by atoms with Crippen LogP contribution in [0.15, 0.2) is 48.5 Å². The monoisotopic (exact) mass is 313 g/mol. The van der Waals surface area contributed by atoms with Crippen LogP contribution in [0.1, 0.15) is 27.6 Å². The number of amides is 1. The Morgan fingerprint density at radius 2 is 1.74 bits per heavy atom. The molecule has 0 spiro atoms. The van der Waals surface area contributed by atoms with Gasteiger partial charge in [-0.1, -0.05) is 6.07 Å². The zero-order valence-corrected chi connectivity index (χ0v) is 13.2. The summed E-state index contributed by atoms with van der Waals surface area (Å²) in [6, 6.07) is 13.6. The first-order valence-electron chi connectivity index (χ1n) is 7.32. The molecular formula is C18H19NO4. The average Bonchev–Trinajstić information content (AvgIpc) is 2.60. The first-order valence-corrected chi connectivity index (χ1v) is 7.32. The minimum Gasteiger partial charge on any atom is -0.497 e. The van der Waals surface area contributed by atoms with Crippen molar-refractivity contribution in [2.24, 2.45) is 0 Å². The molecule has 0 bridgehead atoms. The van der Waals surface area contributed by atoms with Crippen LogP contribution >= 0.6 is 0 Å². The summed E-state index contributed by atoms with van der Waals surface area (Å²) in [5.41, 5.74) is 0.979. The standard InChI is InChI=1S/C18H19NO4/c1-3-23-16-6-4-5-14(11-16)18(21)19-12-17(20)13-7-9-15(22-2)10-8-13/h4-11H,3,12H2,1-2H3,(H,19,21). The van der Waals surface area contributed by atoms with E-state index >= 15 is 0 Å². The van der Waals surface area contributed by atoms with E-state index in [-0.39, 0.29) is 18.2 Å². The highest BCUT2D eigenvalue weighted by Crippen LogP contribution is 2.14. The molecule has 0 unspecified atom stereocenters. The molecule has 23 heavy (non-hydrogen) atoms. The number of ketones is 1. The molecule has 0 saturated carbocycles. The van der Waals surface area contributed by atoms with Gasteiger partial charge in [0, 0.05) is 11.1 Å².